The number of carbonyl (C=O) groups is 2. The van der Waals surface area contributed by atoms with E-state index in [-0.39, 0.29) is 11.8 Å². The standard InChI is InChI=1S/C24H35N3O3/c1-5-6-7-12-27-23(28)21(19-8-10-20(11-9-19)30-17-18(2)3)22(24(27)29)26-15-13-25(4)14-16-26/h8-11,18H,5-7,12-17H2,1-4H3. The van der Waals surface area contributed by atoms with E-state index in [9.17, 15) is 9.59 Å². The zero-order valence-corrected chi connectivity index (χ0v) is 18.8. The second kappa shape index (κ2) is 10.1. The van der Waals surface area contributed by atoms with Crippen LogP contribution in [0.5, 0.6) is 5.75 Å². The molecule has 30 heavy (non-hydrogen) atoms. The summed E-state index contributed by atoms with van der Waals surface area (Å²) >= 11 is 0. The lowest BCUT2D eigenvalue weighted by Gasteiger charge is -2.34. The van der Waals surface area contributed by atoms with Crippen molar-refractivity contribution in [2.75, 3.05) is 46.4 Å². The number of rotatable bonds is 9. The summed E-state index contributed by atoms with van der Waals surface area (Å²) in [5, 5.41) is 0. The zero-order valence-electron chi connectivity index (χ0n) is 18.8. The molecule has 2 aliphatic heterocycles. The van der Waals surface area contributed by atoms with Crippen molar-refractivity contribution in [3.8, 4) is 5.75 Å². The molecule has 0 unspecified atom stereocenters. The van der Waals surface area contributed by atoms with Crippen LogP contribution in [0.4, 0.5) is 0 Å². The first-order chi connectivity index (χ1) is 14.4. The quantitative estimate of drug-likeness (QED) is 0.460. The molecule has 164 valence electrons. The van der Waals surface area contributed by atoms with E-state index in [1.165, 1.54) is 4.90 Å². The molecule has 1 saturated heterocycles. The van der Waals surface area contributed by atoms with Gasteiger partial charge in [-0.25, -0.2) is 0 Å². The highest BCUT2D eigenvalue weighted by molar-refractivity contribution is 6.35. The number of piperazine rings is 1. The molecule has 2 heterocycles. The molecule has 2 amide bonds. The lowest BCUT2D eigenvalue weighted by Crippen LogP contribution is -2.46. The van der Waals surface area contributed by atoms with Crippen LogP contribution in [0.25, 0.3) is 5.57 Å². The third-order valence-electron chi connectivity index (χ3n) is 5.67. The third-order valence-corrected chi connectivity index (χ3v) is 5.67. The van der Waals surface area contributed by atoms with Gasteiger partial charge in [0.15, 0.2) is 0 Å². The van der Waals surface area contributed by atoms with Gasteiger partial charge >= 0.3 is 0 Å². The van der Waals surface area contributed by atoms with Crippen LogP contribution in [-0.4, -0.2) is 72.9 Å². The Balaban J connectivity index is 1.89. The molecule has 1 aromatic rings. The van der Waals surface area contributed by atoms with Crippen molar-refractivity contribution in [2.45, 2.75) is 40.0 Å². The SMILES string of the molecule is CCCCCN1C(=O)C(c2ccc(OCC(C)C)cc2)=C(N2CCN(C)CC2)C1=O. The number of unbranched alkanes of at least 4 members (excludes halogenated alkanes) is 2. The van der Waals surface area contributed by atoms with E-state index in [1.54, 1.807) is 0 Å². The molecular formula is C24H35N3O3. The van der Waals surface area contributed by atoms with Crippen LogP contribution >= 0.6 is 0 Å². The second-order valence-corrected chi connectivity index (χ2v) is 8.71. The summed E-state index contributed by atoms with van der Waals surface area (Å²) in [4.78, 5) is 32.4. The van der Waals surface area contributed by atoms with E-state index in [2.05, 4.69) is 37.6 Å². The molecular weight excluding hydrogens is 378 g/mol. The van der Waals surface area contributed by atoms with Gasteiger partial charge in [0, 0.05) is 32.7 Å². The van der Waals surface area contributed by atoms with Gasteiger partial charge in [0.25, 0.3) is 11.8 Å². The van der Waals surface area contributed by atoms with E-state index in [0.29, 0.717) is 30.3 Å². The Morgan fingerprint density at radius 2 is 1.63 bits per heavy atom. The van der Waals surface area contributed by atoms with Gasteiger partial charge in [0.2, 0.25) is 0 Å². The molecule has 0 aromatic heterocycles. The van der Waals surface area contributed by atoms with Crippen LogP contribution in [0.3, 0.4) is 0 Å². The van der Waals surface area contributed by atoms with Crippen molar-refractivity contribution in [1.82, 2.24) is 14.7 Å². The van der Waals surface area contributed by atoms with Gasteiger partial charge in [0.05, 0.1) is 12.2 Å². The Morgan fingerprint density at radius 1 is 0.967 bits per heavy atom. The fourth-order valence-corrected chi connectivity index (χ4v) is 3.85. The van der Waals surface area contributed by atoms with Crippen LogP contribution in [0.15, 0.2) is 30.0 Å². The molecule has 0 radical (unpaired) electrons. The molecule has 2 aliphatic rings. The normalized spacial score (nSPS) is 18.2. The maximum atomic E-state index is 13.3. The van der Waals surface area contributed by atoms with Crippen molar-refractivity contribution >= 4 is 17.4 Å². The third kappa shape index (κ3) is 5.04. The number of amides is 2. The van der Waals surface area contributed by atoms with Crippen molar-refractivity contribution < 1.29 is 14.3 Å². The molecule has 6 nitrogen and oxygen atoms in total. The number of imide groups is 1. The monoisotopic (exact) mass is 413 g/mol. The summed E-state index contributed by atoms with van der Waals surface area (Å²) in [5.74, 6) is 0.921. The van der Waals surface area contributed by atoms with Crippen LogP contribution in [0, 0.1) is 5.92 Å². The Bertz CT molecular complexity index is 777. The molecule has 0 spiro atoms. The Hall–Kier alpha value is -2.34. The average Bonchev–Trinajstić information content (AvgIpc) is 2.98. The number of likely N-dealkylation sites (N-methyl/N-ethyl adjacent to an activating group) is 1. The fourth-order valence-electron chi connectivity index (χ4n) is 3.85. The summed E-state index contributed by atoms with van der Waals surface area (Å²) in [7, 11) is 2.08. The molecule has 1 aromatic carbocycles. The lowest BCUT2D eigenvalue weighted by molar-refractivity contribution is -0.137. The number of benzene rings is 1. The Morgan fingerprint density at radius 3 is 2.23 bits per heavy atom. The smallest absolute Gasteiger partial charge is 0.277 e. The lowest BCUT2D eigenvalue weighted by atomic mass is 10.0. The number of carbonyl (C=O) groups excluding carboxylic acids is 2. The first-order valence-corrected chi connectivity index (χ1v) is 11.2. The minimum absolute atomic E-state index is 0.143. The summed E-state index contributed by atoms with van der Waals surface area (Å²) in [6, 6.07) is 7.59. The molecule has 0 saturated carbocycles. The van der Waals surface area contributed by atoms with Gasteiger partial charge in [-0.15, -0.1) is 0 Å². The van der Waals surface area contributed by atoms with Crippen LogP contribution < -0.4 is 4.74 Å². The van der Waals surface area contributed by atoms with Crippen LogP contribution in [0.1, 0.15) is 45.6 Å². The van der Waals surface area contributed by atoms with Crippen LogP contribution in [0.2, 0.25) is 0 Å². The largest absolute Gasteiger partial charge is 0.493 e. The summed E-state index contributed by atoms with van der Waals surface area (Å²) in [6.45, 7) is 10.8. The number of nitrogens with zero attached hydrogens (tertiary/aromatic N) is 3. The zero-order chi connectivity index (χ0) is 21.7. The van der Waals surface area contributed by atoms with Crippen molar-refractivity contribution in [3.05, 3.63) is 35.5 Å². The number of ether oxygens (including phenoxy) is 1. The molecule has 0 N–H and O–H groups in total. The first kappa shape index (κ1) is 22.3. The molecule has 0 aliphatic carbocycles. The van der Waals surface area contributed by atoms with E-state index < -0.39 is 0 Å². The van der Waals surface area contributed by atoms with Crippen LogP contribution in [-0.2, 0) is 9.59 Å². The molecule has 6 heteroatoms. The predicted octanol–water partition coefficient (Wildman–Crippen LogP) is 3.24. The summed E-state index contributed by atoms with van der Waals surface area (Å²) in [5.41, 5.74) is 1.90. The minimum Gasteiger partial charge on any atom is -0.493 e. The maximum Gasteiger partial charge on any atom is 0.277 e. The Labute approximate surface area is 180 Å². The minimum atomic E-state index is -0.166. The van der Waals surface area contributed by atoms with Gasteiger partial charge in [-0.05, 0) is 37.1 Å². The van der Waals surface area contributed by atoms with Gasteiger partial charge in [-0.3, -0.25) is 14.5 Å². The van der Waals surface area contributed by atoms with E-state index in [4.69, 9.17) is 4.74 Å². The van der Waals surface area contributed by atoms with E-state index >= 15 is 0 Å². The molecule has 3 rings (SSSR count). The predicted molar refractivity (Wildman–Crippen MR) is 119 cm³/mol. The molecule has 1 fully saturated rings. The van der Waals surface area contributed by atoms with Gasteiger partial charge < -0.3 is 14.5 Å². The van der Waals surface area contributed by atoms with Crippen molar-refractivity contribution in [2.24, 2.45) is 5.92 Å². The molecule has 0 bridgehead atoms. The fraction of sp³-hybridized carbons (Fsp3) is 0.583. The topological polar surface area (TPSA) is 53.1 Å². The second-order valence-electron chi connectivity index (χ2n) is 8.71. The highest BCUT2D eigenvalue weighted by atomic mass is 16.5. The van der Waals surface area contributed by atoms with E-state index in [1.807, 2.05) is 24.3 Å². The van der Waals surface area contributed by atoms with Crippen molar-refractivity contribution in [3.63, 3.8) is 0 Å². The number of hydrogen-bond acceptors (Lipinski definition) is 5. The van der Waals surface area contributed by atoms with Gasteiger partial charge in [-0.2, -0.15) is 0 Å². The summed E-state index contributed by atoms with van der Waals surface area (Å²) in [6.07, 6.45) is 2.91. The van der Waals surface area contributed by atoms with Gasteiger partial charge in [0.1, 0.15) is 11.4 Å². The van der Waals surface area contributed by atoms with Gasteiger partial charge in [-0.1, -0.05) is 45.7 Å². The maximum absolute atomic E-state index is 13.3. The van der Waals surface area contributed by atoms with E-state index in [0.717, 1.165) is 56.8 Å². The Kier molecular flexibility index (Phi) is 7.53. The van der Waals surface area contributed by atoms with Crippen molar-refractivity contribution in [1.29, 1.82) is 0 Å². The highest BCUT2D eigenvalue weighted by Crippen LogP contribution is 2.33. The molecule has 0 atom stereocenters. The highest BCUT2D eigenvalue weighted by Gasteiger charge is 2.41. The average molecular weight is 414 g/mol. The number of hydrogen-bond donors (Lipinski definition) is 0. The summed E-state index contributed by atoms with van der Waals surface area (Å²) < 4.78 is 5.78. The first-order valence-electron chi connectivity index (χ1n) is 11.2.